The van der Waals surface area contributed by atoms with E-state index in [-0.39, 0.29) is 11.5 Å². The molecule has 1 N–H and O–H groups in total. The van der Waals surface area contributed by atoms with Crippen molar-refractivity contribution < 1.29 is 9.53 Å². The molecule has 1 fully saturated rings. The average molecular weight is 284 g/mol. The Hall–Kier alpha value is -1.21. The quantitative estimate of drug-likeness (QED) is 0.910. The molecule has 1 aliphatic rings. The monoisotopic (exact) mass is 284 g/mol. The first kappa shape index (κ1) is 14.2. The largest absolute Gasteiger partial charge is 0.377 e. The lowest BCUT2D eigenvalue weighted by Crippen LogP contribution is -2.49. The van der Waals surface area contributed by atoms with Gasteiger partial charge in [0.1, 0.15) is 0 Å². The number of nitrogens with zero attached hydrogens (tertiary/aromatic N) is 3. The molecule has 1 aliphatic heterocycles. The number of aromatic nitrogens is 2. The molecule has 106 valence electrons. The first-order valence-electron chi connectivity index (χ1n) is 6.50. The highest BCUT2D eigenvalue weighted by Gasteiger charge is 2.34. The fraction of sp³-hybridized carbons (Fsp3) is 0.750. The maximum atomic E-state index is 12.4. The Kier molecular flexibility index (Phi) is 4.36. The molecule has 2 heterocycles. The number of amides is 1. The summed E-state index contributed by atoms with van der Waals surface area (Å²) in [5.41, 5.74) is -0.247. The molecule has 1 atom stereocenters. The van der Waals surface area contributed by atoms with Gasteiger partial charge < -0.3 is 15.0 Å². The van der Waals surface area contributed by atoms with Crippen molar-refractivity contribution in [1.29, 1.82) is 0 Å². The van der Waals surface area contributed by atoms with Crippen LogP contribution in [0.4, 0.5) is 5.13 Å². The topological polar surface area (TPSA) is 67.4 Å². The molecule has 0 saturated carbocycles. The van der Waals surface area contributed by atoms with E-state index in [1.807, 2.05) is 18.7 Å². The molecule has 0 aliphatic carbocycles. The first-order chi connectivity index (χ1) is 9.08. The van der Waals surface area contributed by atoms with Gasteiger partial charge >= 0.3 is 0 Å². The highest BCUT2D eigenvalue weighted by molar-refractivity contribution is 7.17. The standard InChI is InChI=1S/C12H20N4O2S/c1-4-13-11-15-14-9(19-11)10(17)16-7-5-6-12(2,8-16)18-3/h4-8H2,1-3H3,(H,13,15). The molecule has 1 unspecified atom stereocenters. The molecular formula is C12H20N4O2S. The minimum atomic E-state index is -0.247. The Bertz CT molecular complexity index is 451. The summed E-state index contributed by atoms with van der Waals surface area (Å²) in [5, 5.41) is 12.1. The van der Waals surface area contributed by atoms with Crippen molar-refractivity contribution in [2.75, 3.05) is 32.1 Å². The maximum absolute atomic E-state index is 12.4. The molecule has 1 amide bonds. The van der Waals surface area contributed by atoms with Gasteiger partial charge in [-0.2, -0.15) is 0 Å². The van der Waals surface area contributed by atoms with Gasteiger partial charge in [0, 0.05) is 26.7 Å². The van der Waals surface area contributed by atoms with Crippen molar-refractivity contribution in [3.05, 3.63) is 5.01 Å². The maximum Gasteiger partial charge on any atom is 0.285 e. The summed E-state index contributed by atoms with van der Waals surface area (Å²) in [6.07, 6.45) is 1.93. The number of likely N-dealkylation sites (tertiary alicyclic amines) is 1. The van der Waals surface area contributed by atoms with E-state index >= 15 is 0 Å². The van der Waals surface area contributed by atoms with E-state index in [1.54, 1.807) is 7.11 Å². The zero-order chi connectivity index (χ0) is 13.9. The number of hydrogen-bond acceptors (Lipinski definition) is 6. The van der Waals surface area contributed by atoms with Crippen molar-refractivity contribution in [2.24, 2.45) is 0 Å². The van der Waals surface area contributed by atoms with Gasteiger partial charge in [0.2, 0.25) is 10.1 Å². The zero-order valence-electron chi connectivity index (χ0n) is 11.6. The number of hydrogen-bond donors (Lipinski definition) is 1. The predicted octanol–water partition coefficient (Wildman–Crippen LogP) is 1.61. The molecular weight excluding hydrogens is 264 g/mol. The summed E-state index contributed by atoms with van der Waals surface area (Å²) >= 11 is 1.30. The Morgan fingerprint density at radius 3 is 3.05 bits per heavy atom. The molecule has 2 rings (SSSR count). The van der Waals surface area contributed by atoms with Crippen LogP contribution in [0.15, 0.2) is 0 Å². The lowest BCUT2D eigenvalue weighted by Gasteiger charge is -2.39. The summed E-state index contributed by atoms with van der Waals surface area (Å²) in [6, 6.07) is 0. The number of rotatable bonds is 4. The van der Waals surface area contributed by atoms with Crippen LogP contribution in [0.1, 0.15) is 36.5 Å². The van der Waals surface area contributed by atoms with Crippen molar-refractivity contribution >= 4 is 22.4 Å². The van der Waals surface area contributed by atoms with E-state index in [0.29, 0.717) is 16.7 Å². The fourth-order valence-electron chi connectivity index (χ4n) is 2.21. The number of carbonyl (C=O) groups excluding carboxylic acids is 1. The molecule has 0 spiro atoms. The second-order valence-corrected chi connectivity index (χ2v) is 5.90. The van der Waals surface area contributed by atoms with Gasteiger partial charge in [0.25, 0.3) is 5.91 Å². The van der Waals surface area contributed by atoms with Gasteiger partial charge in [0.15, 0.2) is 0 Å². The highest BCUT2D eigenvalue weighted by atomic mass is 32.1. The highest BCUT2D eigenvalue weighted by Crippen LogP contribution is 2.26. The SMILES string of the molecule is CCNc1nnc(C(=O)N2CCCC(C)(OC)C2)s1. The third-order valence-corrected chi connectivity index (χ3v) is 4.24. The van der Waals surface area contributed by atoms with Crippen molar-refractivity contribution in [1.82, 2.24) is 15.1 Å². The van der Waals surface area contributed by atoms with Crippen LogP contribution in [0, 0.1) is 0 Å². The van der Waals surface area contributed by atoms with Gasteiger partial charge in [-0.3, -0.25) is 4.79 Å². The van der Waals surface area contributed by atoms with E-state index < -0.39 is 0 Å². The van der Waals surface area contributed by atoms with Crippen molar-refractivity contribution in [2.45, 2.75) is 32.3 Å². The summed E-state index contributed by atoms with van der Waals surface area (Å²) in [6.45, 7) is 6.16. The molecule has 0 radical (unpaired) electrons. The summed E-state index contributed by atoms with van der Waals surface area (Å²) in [4.78, 5) is 14.2. The minimum absolute atomic E-state index is 0.0513. The third kappa shape index (κ3) is 3.22. The lowest BCUT2D eigenvalue weighted by atomic mass is 9.95. The van der Waals surface area contributed by atoms with Crippen LogP contribution in [0.5, 0.6) is 0 Å². The van der Waals surface area contributed by atoms with Crippen LogP contribution in [-0.4, -0.2) is 53.3 Å². The number of nitrogens with one attached hydrogen (secondary N) is 1. The zero-order valence-corrected chi connectivity index (χ0v) is 12.4. The molecule has 19 heavy (non-hydrogen) atoms. The van der Waals surface area contributed by atoms with E-state index in [0.717, 1.165) is 25.9 Å². The van der Waals surface area contributed by atoms with Crippen LogP contribution in [0.25, 0.3) is 0 Å². The molecule has 1 saturated heterocycles. The van der Waals surface area contributed by atoms with Gasteiger partial charge in [-0.25, -0.2) is 0 Å². The molecule has 1 aromatic heterocycles. The smallest absolute Gasteiger partial charge is 0.285 e. The Balaban J connectivity index is 2.06. The van der Waals surface area contributed by atoms with E-state index in [4.69, 9.17) is 4.74 Å². The van der Waals surface area contributed by atoms with Crippen LogP contribution < -0.4 is 5.32 Å². The molecule has 0 aromatic carbocycles. The number of methoxy groups -OCH3 is 1. The van der Waals surface area contributed by atoms with Gasteiger partial charge in [-0.15, -0.1) is 10.2 Å². The number of piperidine rings is 1. The number of ether oxygens (including phenoxy) is 1. The van der Waals surface area contributed by atoms with Gasteiger partial charge in [-0.1, -0.05) is 11.3 Å². The second kappa shape index (κ2) is 5.83. The van der Waals surface area contributed by atoms with Crippen LogP contribution >= 0.6 is 11.3 Å². The summed E-state index contributed by atoms with van der Waals surface area (Å²) in [7, 11) is 1.70. The second-order valence-electron chi connectivity index (χ2n) is 4.93. The van der Waals surface area contributed by atoms with Crippen molar-refractivity contribution in [3.63, 3.8) is 0 Å². The van der Waals surface area contributed by atoms with E-state index in [2.05, 4.69) is 15.5 Å². The lowest BCUT2D eigenvalue weighted by molar-refractivity contribution is -0.0440. The van der Waals surface area contributed by atoms with Gasteiger partial charge in [-0.05, 0) is 26.7 Å². The van der Waals surface area contributed by atoms with Crippen molar-refractivity contribution in [3.8, 4) is 0 Å². The van der Waals surface area contributed by atoms with Crippen LogP contribution in [0.3, 0.4) is 0 Å². The van der Waals surface area contributed by atoms with Crippen LogP contribution in [0.2, 0.25) is 0 Å². The summed E-state index contributed by atoms with van der Waals surface area (Å²) < 4.78 is 5.50. The number of carbonyl (C=O) groups is 1. The Morgan fingerprint density at radius 1 is 1.58 bits per heavy atom. The minimum Gasteiger partial charge on any atom is -0.377 e. The first-order valence-corrected chi connectivity index (χ1v) is 7.31. The van der Waals surface area contributed by atoms with Crippen LogP contribution in [-0.2, 0) is 4.74 Å². The van der Waals surface area contributed by atoms with E-state index in [9.17, 15) is 4.79 Å². The number of anilines is 1. The Morgan fingerprint density at radius 2 is 2.37 bits per heavy atom. The third-order valence-electron chi connectivity index (χ3n) is 3.37. The Labute approximate surface area is 117 Å². The fourth-order valence-corrected chi connectivity index (χ4v) is 2.99. The molecule has 7 heteroatoms. The summed E-state index contributed by atoms with van der Waals surface area (Å²) in [5.74, 6) is -0.0513. The van der Waals surface area contributed by atoms with E-state index in [1.165, 1.54) is 11.3 Å². The van der Waals surface area contributed by atoms with Gasteiger partial charge in [0.05, 0.1) is 5.60 Å². The predicted molar refractivity (Wildman–Crippen MR) is 74.6 cm³/mol. The molecule has 1 aromatic rings. The molecule has 6 nitrogen and oxygen atoms in total. The molecule has 0 bridgehead atoms. The normalized spacial score (nSPS) is 23.4. The average Bonchev–Trinajstić information content (AvgIpc) is 2.87.